The van der Waals surface area contributed by atoms with Crippen molar-refractivity contribution < 1.29 is 9.59 Å². The average Bonchev–Trinajstić information content (AvgIpc) is 3.36. The van der Waals surface area contributed by atoms with Crippen LogP contribution in [0.5, 0.6) is 0 Å². The van der Waals surface area contributed by atoms with E-state index < -0.39 is 0 Å². The summed E-state index contributed by atoms with van der Waals surface area (Å²) in [5.41, 5.74) is 3.84. The van der Waals surface area contributed by atoms with Gasteiger partial charge in [0.25, 0.3) is 0 Å². The highest BCUT2D eigenvalue weighted by Crippen LogP contribution is 2.38. The molecule has 0 fully saturated rings. The van der Waals surface area contributed by atoms with Gasteiger partial charge in [-0.2, -0.15) is 0 Å². The second-order valence-electron chi connectivity index (χ2n) is 8.33. The van der Waals surface area contributed by atoms with E-state index in [4.69, 9.17) is 0 Å². The number of aromatic nitrogens is 3. The van der Waals surface area contributed by atoms with Crippen LogP contribution in [-0.2, 0) is 24.2 Å². The van der Waals surface area contributed by atoms with Crippen molar-refractivity contribution in [3.63, 3.8) is 0 Å². The molecule has 6 nitrogen and oxygen atoms in total. The Morgan fingerprint density at radius 2 is 2.16 bits per heavy atom. The first-order valence-electron chi connectivity index (χ1n) is 11.0. The van der Waals surface area contributed by atoms with Crippen LogP contribution in [0.3, 0.4) is 0 Å². The summed E-state index contributed by atoms with van der Waals surface area (Å²) in [5, 5.41) is 14.8. The number of thioether (sulfide) groups is 1. The molecule has 1 atom stereocenters. The molecule has 0 saturated heterocycles. The number of amides is 1. The summed E-state index contributed by atoms with van der Waals surface area (Å²) in [5.74, 6) is 1.72. The van der Waals surface area contributed by atoms with E-state index in [2.05, 4.69) is 39.3 Å². The molecule has 1 aliphatic rings. The predicted molar refractivity (Wildman–Crippen MR) is 131 cm³/mol. The van der Waals surface area contributed by atoms with Crippen molar-refractivity contribution in [3.05, 3.63) is 45.6 Å². The number of Topliss-reactive ketones (excluding diaryl/α,β-unsaturated/α-hetero) is 1. The van der Waals surface area contributed by atoms with Gasteiger partial charge in [-0.25, -0.2) is 0 Å². The zero-order valence-corrected chi connectivity index (χ0v) is 20.3. The standard InChI is InChI=1S/C24H28N4O2S2/c1-4-10-28-23(20-13-31-21-11-15(2)8-9-19(20)21)26-27-24(28)32-14-22(30)25-18-7-5-6-17(12-18)16(3)29/h5-7,12-13,15H,4,8-11,14H2,1-3H3,(H,25,30). The molecule has 0 saturated carbocycles. The largest absolute Gasteiger partial charge is 0.325 e. The summed E-state index contributed by atoms with van der Waals surface area (Å²) in [6.07, 6.45) is 4.42. The van der Waals surface area contributed by atoms with E-state index in [1.807, 2.05) is 11.3 Å². The van der Waals surface area contributed by atoms with E-state index in [0.717, 1.165) is 42.7 Å². The van der Waals surface area contributed by atoms with Gasteiger partial charge in [-0.15, -0.1) is 21.5 Å². The van der Waals surface area contributed by atoms with Gasteiger partial charge in [-0.3, -0.25) is 9.59 Å². The van der Waals surface area contributed by atoms with Crippen LogP contribution in [0.25, 0.3) is 11.4 Å². The molecule has 1 unspecified atom stereocenters. The minimum absolute atomic E-state index is 0.0271. The molecule has 1 N–H and O–H groups in total. The normalized spacial score (nSPS) is 15.4. The van der Waals surface area contributed by atoms with Crippen LogP contribution in [0, 0.1) is 5.92 Å². The zero-order chi connectivity index (χ0) is 22.7. The summed E-state index contributed by atoms with van der Waals surface area (Å²) in [4.78, 5) is 25.6. The summed E-state index contributed by atoms with van der Waals surface area (Å²) in [6.45, 7) is 6.78. The third kappa shape index (κ3) is 4.96. The number of hydrogen-bond acceptors (Lipinski definition) is 6. The van der Waals surface area contributed by atoms with Crippen molar-refractivity contribution in [2.45, 2.75) is 58.2 Å². The fourth-order valence-corrected chi connectivity index (χ4v) is 6.04. The Morgan fingerprint density at radius 1 is 1.31 bits per heavy atom. The third-order valence-electron chi connectivity index (χ3n) is 5.69. The van der Waals surface area contributed by atoms with Crippen LogP contribution < -0.4 is 5.32 Å². The number of thiophene rings is 1. The molecule has 0 bridgehead atoms. The maximum atomic E-state index is 12.5. The van der Waals surface area contributed by atoms with Crippen LogP contribution in [0.15, 0.2) is 34.8 Å². The molecule has 1 amide bonds. The average molecular weight is 469 g/mol. The SMILES string of the molecule is CCCn1c(SCC(=O)Nc2cccc(C(C)=O)c2)nnc1-c1csc2c1CCC(C)C2. The van der Waals surface area contributed by atoms with Crippen LogP contribution in [0.1, 0.15) is 54.4 Å². The minimum atomic E-state index is -0.134. The highest BCUT2D eigenvalue weighted by molar-refractivity contribution is 7.99. The quantitative estimate of drug-likeness (QED) is 0.350. The van der Waals surface area contributed by atoms with E-state index in [1.54, 1.807) is 24.3 Å². The number of benzene rings is 1. The van der Waals surface area contributed by atoms with Gasteiger partial charge in [0.2, 0.25) is 5.91 Å². The zero-order valence-electron chi connectivity index (χ0n) is 18.7. The molecule has 3 aromatic rings. The number of hydrogen-bond donors (Lipinski definition) is 1. The number of anilines is 1. The Hall–Kier alpha value is -2.45. The lowest BCUT2D eigenvalue weighted by Crippen LogP contribution is -2.15. The lowest BCUT2D eigenvalue weighted by Gasteiger charge is -2.19. The van der Waals surface area contributed by atoms with Gasteiger partial charge in [-0.05, 0) is 56.2 Å². The van der Waals surface area contributed by atoms with Crippen molar-refractivity contribution >= 4 is 40.5 Å². The topological polar surface area (TPSA) is 76.9 Å². The van der Waals surface area contributed by atoms with E-state index in [1.165, 1.54) is 41.1 Å². The summed E-state index contributed by atoms with van der Waals surface area (Å²) >= 11 is 3.23. The van der Waals surface area contributed by atoms with Gasteiger partial charge in [0.05, 0.1) is 5.75 Å². The highest BCUT2D eigenvalue weighted by Gasteiger charge is 2.24. The fourth-order valence-electron chi connectivity index (χ4n) is 4.03. The molecule has 4 rings (SSSR count). The lowest BCUT2D eigenvalue weighted by atomic mass is 9.88. The van der Waals surface area contributed by atoms with Crippen LogP contribution in [0.2, 0.25) is 0 Å². The molecule has 0 aliphatic heterocycles. The predicted octanol–water partition coefficient (Wildman–Crippen LogP) is 5.47. The second-order valence-corrected chi connectivity index (χ2v) is 10.2. The maximum Gasteiger partial charge on any atom is 0.234 e. The molecule has 1 aliphatic carbocycles. The molecular formula is C24H28N4O2S2. The molecule has 8 heteroatoms. The van der Waals surface area contributed by atoms with Gasteiger partial charge in [0.1, 0.15) is 0 Å². The van der Waals surface area contributed by atoms with Crippen molar-refractivity contribution in [2.75, 3.05) is 11.1 Å². The molecule has 32 heavy (non-hydrogen) atoms. The van der Waals surface area contributed by atoms with Crippen molar-refractivity contribution in [3.8, 4) is 11.4 Å². The molecule has 0 spiro atoms. The van der Waals surface area contributed by atoms with E-state index in [-0.39, 0.29) is 17.4 Å². The molecule has 2 heterocycles. The van der Waals surface area contributed by atoms with Crippen molar-refractivity contribution in [2.24, 2.45) is 5.92 Å². The molecule has 1 aromatic carbocycles. The Balaban J connectivity index is 1.48. The van der Waals surface area contributed by atoms with Gasteiger partial charge in [0.15, 0.2) is 16.8 Å². The Labute approximate surface area is 196 Å². The number of nitrogens with zero attached hydrogens (tertiary/aromatic N) is 3. The van der Waals surface area contributed by atoms with Crippen LogP contribution in [-0.4, -0.2) is 32.2 Å². The van der Waals surface area contributed by atoms with Crippen molar-refractivity contribution in [1.29, 1.82) is 0 Å². The molecule has 2 aromatic heterocycles. The minimum Gasteiger partial charge on any atom is -0.325 e. The number of carbonyl (C=O) groups excluding carboxylic acids is 2. The Kier molecular flexibility index (Phi) is 7.10. The van der Waals surface area contributed by atoms with Gasteiger partial charge < -0.3 is 9.88 Å². The van der Waals surface area contributed by atoms with E-state index in [9.17, 15) is 9.59 Å². The van der Waals surface area contributed by atoms with Crippen LogP contribution in [0.4, 0.5) is 5.69 Å². The molecular weight excluding hydrogens is 440 g/mol. The summed E-state index contributed by atoms with van der Waals surface area (Å²) < 4.78 is 2.15. The number of nitrogens with one attached hydrogen (secondary N) is 1. The maximum absolute atomic E-state index is 12.5. The van der Waals surface area contributed by atoms with Gasteiger partial charge in [-0.1, -0.05) is 37.7 Å². The lowest BCUT2D eigenvalue weighted by molar-refractivity contribution is -0.113. The van der Waals surface area contributed by atoms with Crippen molar-refractivity contribution in [1.82, 2.24) is 14.8 Å². The van der Waals surface area contributed by atoms with Crippen LogP contribution >= 0.6 is 23.1 Å². The van der Waals surface area contributed by atoms with Gasteiger partial charge >= 0.3 is 0 Å². The second kappa shape index (κ2) is 10.0. The first kappa shape index (κ1) is 22.7. The number of ketones is 1. The summed E-state index contributed by atoms with van der Waals surface area (Å²) in [7, 11) is 0. The molecule has 168 valence electrons. The number of rotatable bonds is 8. The summed E-state index contributed by atoms with van der Waals surface area (Å²) in [6, 6.07) is 6.99. The monoisotopic (exact) mass is 468 g/mol. The van der Waals surface area contributed by atoms with E-state index >= 15 is 0 Å². The third-order valence-corrected chi connectivity index (χ3v) is 7.71. The first-order chi connectivity index (χ1) is 15.5. The van der Waals surface area contributed by atoms with E-state index in [0.29, 0.717) is 11.3 Å². The Bertz CT molecular complexity index is 1130. The number of fused-ring (bicyclic) bond motifs is 1. The highest BCUT2D eigenvalue weighted by atomic mass is 32.2. The van der Waals surface area contributed by atoms with Gasteiger partial charge in [0, 0.05) is 33.6 Å². The number of carbonyl (C=O) groups is 2. The Morgan fingerprint density at radius 3 is 2.94 bits per heavy atom. The molecule has 0 radical (unpaired) electrons. The first-order valence-corrected chi connectivity index (χ1v) is 12.9. The fraction of sp³-hybridized carbons (Fsp3) is 0.417. The smallest absolute Gasteiger partial charge is 0.234 e.